The summed E-state index contributed by atoms with van der Waals surface area (Å²) in [5, 5.41) is 0. The quantitative estimate of drug-likeness (QED) is 0.639. The first-order chi connectivity index (χ1) is 7.53. The third-order valence-corrected chi connectivity index (χ3v) is 5.15. The molecule has 0 aromatic rings. The monoisotopic (exact) mass is 285 g/mol. The minimum absolute atomic E-state index is 0.171. The van der Waals surface area contributed by atoms with Crippen LogP contribution in [-0.2, 0) is 9.53 Å². The Morgan fingerprint density at radius 2 is 2.31 bits per heavy atom. The third kappa shape index (κ3) is 1.11. The largest absolute Gasteiger partial charge is 0.465 e. The molecule has 0 fully saturated rings. The van der Waals surface area contributed by atoms with Crippen molar-refractivity contribution in [1.82, 2.24) is 0 Å². The Morgan fingerprint density at radius 1 is 1.62 bits per heavy atom. The summed E-state index contributed by atoms with van der Waals surface area (Å²) in [6.07, 6.45) is 5.43. The van der Waals surface area contributed by atoms with Crippen molar-refractivity contribution in [2.75, 3.05) is 6.61 Å². The number of rotatable bonds is 3. The van der Waals surface area contributed by atoms with Gasteiger partial charge in [0.05, 0.1) is 10.9 Å². The molecule has 0 amide bonds. The summed E-state index contributed by atoms with van der Waals surface area (Å²) in [5.74, 6) is -0.171. The van der Waals surface area contributed by atoms with E-state index in [-0.39, 0.29) is 5.97 Å². The summed E-state index contributed by atoms with van der Waals surface area (Å²) in [5.41, 5.74) is 7.13. The van der Waals surface area contributed by atoms with E-state index in [9.17, 15) is 4.79 Å². The first-order valence-electron chi connectivity index (χ1n) is 5.57. The molecule has 2 aliphatic carbocycles. The molecule has 16 heavy (non-hydrogen) atoms. The number of fused-ring (bicyclic) bond motifs is 2. The van der Waals surface area contributed by atoms with Crippen LogP contribution in [0.25, 0.3) is 0 Å². The molecule has 2 N–H and O–H groups in total. The lowest BCUT2D eigenvalue weighted by atomic mass is 9.75. The maximum absolute atomic E-state index is 12.2. The van der Waals surface area contributed by atoms with E-state index in [0.717, 1.165) is 17.7 Å². The van der Waals surface area contributed by atoms with Crippen LogP contribution < -0.4 is 5.73 Å². The molecule has 0 radical (unpaired) electrons. The number of hydrogen-bond acceptors (Lipinski definition) is 3. The van der Waals surface area contributed by atoms with Gasteiger partial charge in [-0.05, 0) is 31.4 Å². The van der Waals surface area contributed by atoms with Crippen LogP contribution >= 0.6 is 15.9 Å². The van der Waals surface area contributed by atoms with Gasteiger partial charge >= 0.3 is 5.97 Å². The number of hydrogen-bond donors (Lipinski definition) is 1. The number of esters is 1. The van der Waals surface area contributed by atoms with E-state index in [4.69, 9.17) is 10.5 Å². The number of halogens is 1. The van der Waals surface area contributed by atoms with Crippen molar-refractivity contribution in [1.29, 1.82) is 0 Å². The Kier molecular flexibility index (Phi) is 2.65. The Bertz CT molecular complexity index is 402. The zero-order valence-corrected chi connectivity index (χ0v) is 11.1. The number of carbonyl (C=O) groups excluding carboxylic acids is 1. The third-order valence-electron chi connectivity index (χ3n) is 3.70. The van der Waals surface area contributed by atoms with Crippen LogP contribution in [0.4, 0.5) is 0 Å². The van der Waals surface area contributed by atoms with Crippen molar-refractivity contribution in [3.8, 4) is 0 Å². The predicted octanol–water partition coefficient (Wildman–Crippen LogP) is 2.27. The Labute approximate surface area is 104 Å². The van der Waals surface area contributed by atoms with Crippen molar-refractivity contribution in [2.24, 2.45) is 11.1 Å². The zero-order chi connectivity index (χ0) is 12.0. The molecule has 0 aromatic carbocycles. The Balaban J connectivity index is 2.46. The van der Waals surface area contributed by atoms with Crippen molar-refractivity contribution in [3.63, 3.8) is 0 Å². The van der Waals surface area contributed by atoms with Gasteiger partial charge in [-0.2, -0.15) is 0 Å². The number of alkyl halides is 1. The highest BCUT2D eigenvalue weighted by atomic mass is 79.9. The van der Waals surface area contributed by atoms with E-state index in [0.29, 0.717) is 13.0 Å². The minimum atomic E-state index is -0.618. The van der Waals surface area contributed by atoms with Gasteiger partial charge in [0, 0.05) is 5.70 Å². The van der Waals surface area contributed by atoms with Crippen LogP contribution in [0, 0.1) is 5.41 Å². The van der Waals surface area contributed by atoms with Gasteiger partial charge in [0.15, 0.2) is 0 Å². The predicted molar refractivity (Wildman–Crippen MR) is 66.0 cm³/mol. The highest BCUT2D eigenvalue weighted by Crippen LogP contribution is 2.62. The van der Waals surface area contributed by atoms with Crippen LogP contribution in [0.15, 0.2) is 23.4 Å². The topological polar surface area (TPSA) is 52.3 Å². The standard InChI is InChI=1S/C12H16BrNO2/c1-3-11(10(15)16-4-2)8-5-6-12(11,13)9(14)7-8/h5,7H,3-4,6,14H2,1-2H3/t11?,12-/m0/s1. The van der Waals surface area contributed by atoms with E-state index in [2.05, 4.69) is 22.0 Å². The lowest BCUT2D eigenvalue weighted by Gasteiger charge is -2.36. The van der Waals surface area contributed by atoms with Gasteiger partial charge in [-0.25, -0.2) is 0 Å². The molecule has 0 saturated heterocycles. The van der Waals surface area contributed by atoms with E-state index in [1.165, 1.54) is 0 Å². The van der Waals surface area contributed by atoms with E-state index >= 15 is 0 Å². The van der Waals surface area contributed by atoms with Gasteiger partial charge in [0.2, 0.25) is 0 Å². The highest BCUT2D eigenvalue weighted by molar-refractivity contribution is 9.10. The molecular weight excluding hydrogens is 270 g/mol. The van der Waals surface area contributed by atoms with Crippen molar-refractivity contribution < 1.29 is 9.53 Å². The molecule has 0 aromatic heterocycles. The molecular formula is C12H16BrNO2. The molecule has 2 bridgehead atoms. The lowest BCUT2D eigenvalue weighted by molar-refractivity contribution is -0.153. The summed E-state index contributed by atoms with van der Waals surface area (Å²) in [6.45, 7) is 4.22. The van der Waals surface area contributed by atoms with Gasteiger partial charge in [-0.15, -0.1) is 0 Å². The Morgan fingerprint density at radius 3 is 2.69 bits per heavy atom. The summed E-state index contributed by atoms with van der Waals surface area (Å²) in [4.78, 5) is 12.2. The molecule has 1 unspecified atom stereocenters. The van der Waals surface area contributed by atoms with Crippen LogP contribution in [0.2, 0.25) is 0 Å². The number of ether oxygens (including phenoxy) is 1. The number of nitrogens with two attached hydrogens (primary N) is 1. The van der Waals surface area contributed by atoms with Crippen molar-refractivity contribution in [3.05, 3.63) is 23.4 Å². The molecule has 3 nitrogen and oxygen atoms in total. The zero-order valence-electron chi connectivity index (χ0n) is 9.55. The lowest BCUT2D eigenvalue weighted by Crippen LogP contribution is -2.47. The molecule has 0 spiro atoms. The molecule has 0 heterocycles. The van der Waals surface area contributed by atoms with E-state index < -0.39 is 9.74 Å². The van der Waals surface area contributed by atoms with Crippen LogP contribution in [0.1, 0.15) is 26.7 Å². The Hall–Kier alpha value is -0.770. The minimum Gasteiger partial charge on any atom is -0.465 e. The first-order valence-corrected chi connectivity index (χ1v) is 6.36. The van der Waals surface area contributed by atoms with E-state index in [1.54, 1.807) is 0 Å². The van der Waals surface area contributed by atoms with Crippen LogP contribution in [-0.4, -0.2) is 16.9 Å². The molecule has 0 saturated carbocycles. The van der Waals surface area contributed by atoms with Gasteiger partial charge in [-0.3, -0.25) is 4.79 Å². The SMILES string of the molecule is CCOC(=O)C1(CC)C2=CC[C@]1(Br)C(N)=C2. The second-order valence-corrected chi connectivity index (χ2v) is 5.60. The van der Waals surface area contributed by atoms with Gasteiger partial charge in [0.1, 0.15) is 5.41 Å². The summed E-state index contributed by atoms with van der Waals surface area (Å²) >= 11 is 3.66. The summed E-state index contributed by atoms with van der Waals surface area (Å²) < 4.78 is 4.75. The van der Waals surface area contributed by atoms with Gasteiger partial charge in [0.25, 0.3) is 0 Å². The average molecular weight is 286 g/mol. The molecule has 2 rings (SSSR count). The summed E-state index contributed by atoms with van der Waals surface area (Å²) in [7, 11) is 0. The molecule has 2 atom stereocenters. The van der Waals surface area contributed by atoms with Crippen LogP contribution in [0.5, 0.6) is 0 Å². The second-order valence-electron chi connectivity index (χ2n) is 4.24. The van der Waals surface area contributed by atoms with Gasteiger partial charge in [-0.1, -0.05) is 28.9 Å². The second kappa shape index (κ2) is 3.62. The fourth-order valence-electron chi connectivity index (χ4n) is 2.82. The molecule has 4 heteroatoms. The maximum Gasteiger partial charge on any atom is 0.318 e. The number of allylic oxidation sites excluding steroid dienone is 3. The van der Waals surface area contributed by atoms with Crippen molar-refractivity contribution in [2.45, 2.75) is 31.0 Å². The summed E-state index contributed by atoms with van der Waals surface area (Å²) in [6, 6.07) is 0. The normalized spacial score (nSPS) is 35.9. The smallest absolute Gasteiger partial charge is 0.318 e. The maximum atomic E-state index is 12.2. The fourth-order valence-corrected chi connectivity index (χ4v) is 3.77. The van der Waals surface area contributed by atoms with Crippen LogP contribution in [0.3, 0.4) is 0 Å². The molecule has 2 aliphatic rings. The average Bonchev–Trinajstić information content (AvgIpc) is 2.64. The number of carbonyl (C=O) groups is 1. The fraction of sp³-hybridized carbons (Fsp3) is 0.583. The van der Waals surface area contributed by atoms with Gasteiger partial charge < -0.3 is 10.5 Å². The molecule has 0 aliphatic heterocycles. The molecule has 88 valence electrons. The van der Waals surface area contributed by atoms with Crippen molar-refractivity contribution >= 4 is 21.9 Å². The van der Waals surface area contributed by atoms with E-state index in [1.807, 2.05) is 19.9 Å². The highest BCUT2D eigenvalue weighted by Gasteiger charge is 2.64. The first kappa shape index (κ1) is 11.7.